The number of carboxylic acids is 1. The summed E-state index contributed by atoms with van der Waals surface area (Å²) in [6.45, 7) is 3.12. The van der Waals surface area contributed by atoms with Crippen LogP contribution in [0.15, 0.2) is 29.2 Å². The summed E-state index contributed by atoms with van der Waals surface area (Å²) < 4.78 is 1.24. The first kappa shape index (κ1) is 14.4. The monoisotopic (exact) mass is 289 g/mol. The van der Waals surface area contributed by atoms with Crippen LogP contribution in [-0.2, 0) is 0 Å². The van der Waals surface area contributed by atoms with Crippen molar-refractivity contribution in [3.05, 3.63) is 61.6 Å². The Kier molecular flexibility index (Phi) is 3.53. The van der Waals surface area contributed by atoms with E-state index in [0.717, 1.165) is 0 Å². The molecule has 1 aromatic carbocycles. The molecule has 0 spiro atoms. The molecule has 1 aromatic heterocycles. The maximum atomic E-state index is 11.7. The minimum Gasteiger partial charge on any atom is -0.476 e. The summed E-state index contributed by atoms with van der Waals surface area (Å²) in [6.07, 6.45) is 1.39. The maximum Gasteiger partial charge on any atom is 0.360 e. The van der Waals surface area contributed by atoms with Crippen LogP contribution in [0.1, 0.15) is 21.6 Å². The molecule has 108 valence electrons. The third-order valence-corrected chi connectivity index (χ3v) is 2.94. The number of hydrogen-bond donors (Lipinski definition) is 1. The Balaban J connectivity index is 2.65. The number of non-ortho nitro benzene ring substituents is 1. The van der Waals surface area contributed by atoms with Gasteiger partial charge >= 0.3 is 5.97 Å². The lowest BCUT2D eigenvalue weighted by atomic mass is 10.1. The van der Waals surface area contributed by atoms with Crippen molar-refractivity contribution in [2.75, 3.05) is 0 Å². The zero-order chi connectivity index (χ0) is 15.7. The van der Waals surface area contributed by atoms with Gasteiger partial charge in [0.15, 0.2) is 0 Å². The standard InChI is InChI=1S/C13H11N3O5/c1-7-5-9(16(20)21)3-4-10(7)15-6-8(2)12(17)11(14-15)13(18)19/h3-6H,1-2H3,(H,18,19). The van der Waals surface area contributed by atoms with E-state index in [2.05, 4.69) is 5.10 Å². The Bertz CT molecular complexity index is 810. The van der Waals surface area contributed by atoms with Crippen molar-refractivity contribution >= 4 is 11.7 Å². The van der Waals surface area contributed by atoms with Crippen molar-refractivity contribution in [2.24, 2.45) is 0 Å². The number of carboxylic acid groups (broad SMARTS) is 1. The van der Waals surface area contributed by atoms with E-state index in [1.165, 1.54) is 36.0 Å². The van der Waals surface area contributed by atoms with Gasteiger partial charge in [-0.05, 0) is 25.5 Å². The molecule has 0 saturated heterocycles. The average Bonchev–Trinajstić information content (AvgIpc) is 2.41. The molecule has 1 N–H and O–H groups in total. The van der Waals surface area contributed by atoms with Gasteiger partial charge in [0.1, 0.15) is 0 Å². The summed E-state index contributed by atoms with van der Waals surface area (Å²) in [5.74, 6) is -1.42. The lowest BCUT2D eigenvalue weighted by molar-refractivity contribution is -0.384. The smallest absolute Gasteiger partial charge is 0.360 e. The minimum atomic E-state index is -1.42. The fourth-order valence-corrected chi connectivity index (χ4v) is 1.88. The third-order valence-electron chi connectivity index (χ3n) is 2.94. The lowest BCUT2D eigenvalue weighted by Crippen LogP contribution is -2.23. The Hall–Kier alpha value is -3.03. The Morgan fingerprint density at radius 2 is 2.00 bits per heavy atom. The number of rotatable bonds is 3. The van der Waals surface area contributed by atoms with Crippen LogP contribution in [0.2, 0.25) is 0 Å². The largest absolute Gasteiger partial charge is 0.476 e. The van der Waals surface area contributed by atoms with Crippen LogP contribution >= 0.6 is 0 Å². The van der Waals surface area contributed by atoms with E-state index in [1.807, 2.05) is 0 Å². The molecule has 0 unspecified atom stereocenters. The molecular formula is C13H11N3O5. The molecule has 0 atom stereocenters. The number of benzene rings is 1. The van der Waals surface area contributed by atoms with Gasteiger partial charge in [0.05, 0.1) is 10.6 Å². The van der Waals surface area contributed by atoms with Crippen molar-refractivity contribution in [1.82, 2.24) is 9.78 Å². The number of aromatic nitrogens is 2. The van der Waals surface area contributed by atoms with E-state index in [-0.39, 0.29) is 11.3 Å². The lowest BCUT2D eigenvalue weighted by Gasteiger charge is -2.10. The van der Waals surface area contributed by atoms with E-state index in [4.69, 9.17) is 5.11 Å². The van der Waals surface area contributed by atoms with Crippen LogP contribution in [0.4, 0.5) is 5.69 Å². The molecule has 0 saturated carbocycles. The van der Waals surface area contributed by atoms with Crippen molar-refractivity contribution in [3.63, 3.8) is 0 Å². The van der Waals surface area contributed by atoms with Gasteiger partial charge < -0.3 is 5.11 Å². The molecule has 2 aromatic rings. The molecule has 1 heterocycles. The second kappa shape index (κ2) is 5.16. The zero-order valence-electron chi connectivity index (χ0n) is 11.2. The van der Waals surface area contributed by atoms with Gasteiger partial charge in [-0.3, -0.25) is 14.9 Å². The fraction of sp³-hybridized carbons (Fsp3) is 0.154. The average molecular weight is 289 g/mol. The summed E-state index contributed by atoms with van der Waals surface area (Å²) in [5.41, 5.74) is -0.0963. The van der Waals surface area contributed by atoms with Crippen molar-refractivity contribution < 1.29 is 14.8 Å². The highest BCUT2D eigenvalue weighted by molar-refractivity contribution is 5.85. The summed E-state index contributed by atoms with van der Waals surface area (Å²) in [5, 5.41) is 23.5. The topological polar surface area (TPSA) is 115 Å². The van der Waals surface area contributed by atoms with Gasteiger partial charge in [0.25, 0.3) is 5.69 Å². The maximum absolute atomic E-state index is 11.7. The predicted octanol–water partition coefficient (Wildman–Crippen LogP) is 1.46. The minimum absolute atomic E-state index is 0.0764. The predicted molar refractivity (Wildman–Crippen MR) is 72.9 cm³/mol. The highest BCUT2D eigenvalue weighted by atomic mass is 16.6. The van der Waals surface area contributed by atoms with E-state index in [0.29, 0.717) is 11.3 Å². The van der Waals surface area contributed by atoms with E-state index < -0.39 is 22.0 Å². The van der Waals surface area contributed by atoms with Gasteiger partial charge in [-0.15, -0.1) is 0 Å². The van der Waals surface area contributed by atoms with Gasteiger partial charge in [-0.1, -0.05) is 0 Å². The van der Waals surface area contributed by atoms with Gasteiger partial charge in [-0.2, -0.15) is 5.10 Å². The number of aromatic carboxylic acids is 1. The van der Waals surface area contributed by atoms with Crippen molar-refractivity contribution in [3.8, 4) is 5.69 Å². The summed E-state index contributed by atoms with van der Waals surface area (Å²) in [6, 6.07) is 4.10. The van der Waals surface area contributed by atoms with Crippen LogP contribution in [0.5, 0.6) is 0 Å². The second-order valence-corrected chi connectivity index (χ2v) is 4.47. The third kappa shape index (κ3) is 2.64. The first-order valence-electron chi connectivity index (χ1n) is 5.90. The summed E-state index contributed by atoms with van der Waals surface area (Å²) >= 11 is 0. The second-order valence-electron chi connectivity index (χ2n) is 4.47. The Labute approximate surface area is 118 Å². The summed E-state index contributed by atoms with van der Waals surface area (Å²) in [4.78, 5) is 32.9. The highest BCUT2D eigenvalue weighted by Crippen LogP contribution is 2.19. The first-order chi connectivity index (χ1) is 9.81. The molecule has 0 aliphatic rings. The molecule has 8 heteroatoms. The van der Waals surface area contributed by atoms with Gasteiger partial charge in [-0.25, -0.2) is 9.48 Å². The van der Waals surface area contributed by atoms with Crippen LogP contribution in [-0.4, -0.2) is 25.8 Å². The molecule has 8 nitrogen and oxygen atoms in total. The number of nitro benzene ring substituents is 1. The van der Waals surface area contributed by atoms with E-state index >= 15 is 0 Å². The number of hydrogen-bond acceptors (Lipinski definition) is 5. The normalized spacial score (nSPS) is 10.4. The highest BCUT2D eigenvalue weighted by Gasteiger charge is 2.16. The molecule has 0 aliphatic heterocycles. The Morgan fingerprint density at radius 1 is 1.33 bits per heavy atom. The molecule has 2 rings (SSSR count). The Morgan fingerprint density at radius 3 is 2.52 bits per heavy atom. The molecular weight excluding hydrogens is 278 g/mol. The van der Waals surface area contributed by atoms with Gasteiger partial charge in [0, 0.05) is 23.9 Å². The quantitative estimate of drug-likeness (QED) is 0.675. The SMILES string of the molecule is Cc1cc([N+](=O)[O-])ccc1-n1cc(C)c(=O)c(C(=O)O)n1. The molecule has 0 amide bonds. The van der Waals surface area contributed by atoms with Crippen LogP contribution in [0.25, 0.3) is 5.69 Å². The number of nitrogens with zero attached hydrogens (tertiary/aromatic N) is 3. The van der Waals surface area contributed by atoms with Crippen LogP contribution in [0.3, 0.4) is 0 Å². The molecule has 0 fully saturated rings. The van der Waals surface area contributed by atoms with Crippen LogP contribution < -0.4 is 5.43 Å². The molecule has 21 heavy (non-hydrogen) atoms. The van der Waals surface area contributed by atoms with E-state index in [1.54, 1.807) is 6.92 Å². The molecule has 0 bridgehead atoms. The molecule has 0 radical (unpaired) electrons. The van der Waals surface area contributed by atoms with Gasteiger partial charge in [0.2, 0.25) is 11.1 Å². The molecule has 0 aliphatic carbocycles. The van der Waals surface area contributed by atoms with Crippen molar-refractivity contribution in [2.45, 2.75) is 13.8 Å². The first-order valence-corrected chi connectivity index (χ1v) is 5.90. The van der Waals surface area contributed by atoms with Crippen LogP contribution in [0, 0.1) is 24.0 Å². The van der Waals surface area contributed by atoms with E-state index in [9.17, 15) is 19.7 Å². The number of nitro groups is 1. The fourth-order valence-electron chi connectivity index (χ4n) is 1.88. The number of carbonyl (C=O) groups is 1. The number of aryl methyl sites for hydroxylation is 2. The summed E-state index contributed by atoms with van der Waals surface area (Å²) in [7, 11) is 0. The van der Waals surface area contributed by atoms with Crippen molar-refractivity contribution in [1.29, 1.82) is 0 Å². The zero-order valence-corrected chi connectivity index (χ0v) is 11.2.